The molecule has 0 saturated carbocycles. The molecule has 0 saturated heterocycles. The molecule has 0 radical (unpaired) electrons. The average molecular weight is 286 g/mol. The van der Waals surface area contributed by atoms with E-state index < -0.39 is 0 Å². The molecule has 0 aliphatic carbocycles. The van der Waals surface area contributed by atoms with Gasteiger partial charge in [0.25, 0.3) is 0 Å². The molecule has 0 spiro atoms. The maximum atomic E-state index is 13.3. The molecule has 20 heavy (non-hydrogen) atoms. The van der Waals surface area contributed by atoms with E-state index in [1.165, 1.54) is 10.9 Å². The third-order valence-corrected chi connectivity index (χ3v) is 4.48. The largest absolute Gasteiger partial charge is 0.309 e. The number of aromatic nitrogens is 1. The van der Waals surface area contributed by atoms with Crippen molar-refractivity contribution in [2.45, 2.75) is 13.0 Å². The lowest BCUT2D eigenvalue weighted by molar-refractivity contribution is 0.630. The minimum absolute atomic E-state index is 0.0860. The minimum Gasteiger partial charge on any atom is -0.309 e. The predicted molar refractivity (Wildman–Crippen MR) is 81.7 cm³/mol. The molecule has 2 aromatic heterocycles. The van der Waals surface area contributed by atoms with E-state index in [0.29, 0.717) is 0 Å². The second-order valence-corrected chi connectivity index (χ2v) is 5.96. The zero-order valence-electron chi connectivity index (χ0n) is 11.4. The van der Waals surface area contributed by atoms with Crippen molar-refractivity contribution in [3.8, 4) is 0 Å². The normalized spacial score (nSPS) is 12.8. The van der Waals surface area contributed by atoms with E-state index in [-0.39, 0.29) is 11.9 Å². The number of nitrogens with one attached hydrogen (secondary N) is 1. The van der Waals surface area contributed by atoms with Crippen LogP contribution in [0, 0.1) is 12.7 Å². The molecule has 2 heterocycles. The molecule has 2 nitrogen and oxygen atoms in total. The molecule has 0 bridgehead atoms. The van der Waals surface area contributed by atoms with Crippen LogP contribution in [0.2, 0.25) is 0 Å². The third-order valence-electron chi connectivity index (χ3n) is 3.30. The fourth-order valence-electron chi connectivity index (χ4n) is 2.39. The predicted octanol–water partition coefficient (Wildman–Crippen LogP) is 4.05. The number of hydrogen-bond acceptors (Lipinski definition) is 3. The van der Waals surface area contributed by atoms with Crippen LogP contribution in [-0.2, 0) is 0 Å². The van der Waals surface area contributed by atoms with Crippen LogP contribution >= 0.6 is 11.3 Å². The molecule has 3 rings (SSSR count). The number of hydrogen-bond donors (Lipinski definition) is 1. The highest BCUT2D eigenvalue weighted by Gasteiger charge is 2.15. The number of nitrogens with zero attached hydrogens (tertiary/aromatic N) is 1. The lowest BCUT2D eigenvalue weighted by Gasteiger charge is -2.14. The fourth-order valence-corrected chi connectivity index (χ4v) is 3.57. The van der Waals surface area contributed by atoms with Crippen LogP contribution < -0.4 is 5.32 Å². The summed E-state index contributed by atoms with van der Waals surface area (Å²) in [7, 11) is 1.93. The summed E-state index contributed by atoms with van der Waals surface area (Å²) in [5.74, 6) is -0.194. The van der Waals surface area contributed by atoms with E-state index in [9.17, 15) is 4.39 Å². The van der Waals surface area contributed by atoms with E-state index in [1.54, 1.807) is 17.4 Å². The van der Waals surface area contributed by atoms with Gasteiger partial charge in [-0.25, -0.2) is 4.39 Å². The molecule has 102 valence electrons. The fraction of sp³-hybridized carbons (Fsp3) is 0.188. The van der Waals surface area contributed by atoms with Crippen LogP contribution in [0.4, 0.5) is 4.39 Å². The molecule has 0 fully saturated rings. The molecule has 0 aliphatic rings. The summed E-state index contributed by atoms with van der Waals surface area (Å²) in [4.78, 5) is 5.42. The SMILES string of the molecule is CNC(c1cncc(C)c1)c1cc2cc(F)ccc2s1. The summed E-state index contributed by atoms with van der Waals surface area (Å²) in [6, 6.07) is 9.18. The first-order valence-corrected chi connectivity index (χ1v) is 7.27. The van der Waals surface area contributed by atoms with E-state index in [0.717, 1.165) is 21.2 Å². The van der Waals surface area contributed by atoms with Gasteiger partial charge in [0.05, 0.1) is 6.04 Å². The summed E-state index contributed by atoms with van der Waals surface area (Å²) < 4.78 is 14.4. The minimum atomic E-state index is -0.194. The van der Waals surface area contributed by atoms with Gasteiger partial charge >= 0.3 is 0 Å². The lowest BCUT2D eigenvalue weighted by atomic mass is 10.1. The number of benzene rings is 1. The highest BCUT2D eigenvalue weighted by Crippen LogP contribution is 2.33. The molecular weight excluding hydrogens is 271 g/mol. The van der Waals surface area contributed by atoms with Gasteiger partial charge in [0.1, 0.15) is 5.82 Å². The Bertz CT molecular complexity index is 751. The molecule has 0 aliphatic heterocycles. The summed E-state index contributed by atoms with van der Waals surface area (Å²) in [5.41, 5.74) is 2.26. The standard InChI is InChI=1S/C16H15FN2S/c1-10-5-12(9-19-8-10)16(18-2)15-7-11-6-13(17)3-4-14(11)20-15/h3-9,16,18H,1-2H3. The lowest BCUT2D eigenvalue weighted by Crippen LogP contribution is -2.16. The molecule has 1 N–H and O–H groups in total. The van der Waals surface area contributed by atoms with Crippen LogP contribution in [0.3, 0.4) is 0 Å². The first-order chi connectivity index (χ1) is 9.67. The second-order valence-electron chi connectivity index (χ2n) is 4.85. The van der Waals surface area contributed by atoms with E-state index in [4.69, 9.17) is 0 Å². The average Bonchev–Trinajstić information content (AvgIpc) is 2.82. The molecule has 0 amide bonds. The third kappa shape index (κ3) is 2.44. The summed E-state index contributed by atoms with van der Waals surface area (Å²) >= 11 is 1.68. The van der Waals surface area contributed by atoms with Crippen LogP contribution in [0.25, 0.3) is 10.1 Å². The first-order valence-electron chi connectivity index (χ1n) is 6.45. The Morgan fingerprint density at radius 3 is 2.80 bits per heavy atom. The van der Waals surface area contributed by atoms with Gasteiger partial charge in [-0.05, 0) is 54.8 Å². The number of fused-ring (bicyclic) bond motifs is 1. The number of aryl methyl sites for hydroxylation is 1. The van der Waals surface area contributed by atoms with Crippen molar-refractivity contribution in [2.75, 3.05) is 7.05 Å². The monoisotopic (exact) mass is 286 g/mol. The van der Waals surface area contributed by atoms with Crippen LogP contribution in [0.15, 0.2) is 42.7 Å². The first kappa shape index (κ1) is 13.2. The number of pyridine rings is 1. The number of halogens is 1. The van der Waals surface area contributed by atoms with Crippen molar-refractivity contribution < 1.29 is 4.39 Å². The molecule has 4 heteroatoms. The Morgan fingerprint density at radius 2 is 2.05 bits per heavy atom. The van der Waals surface area contributed by atoms with Crippen molar-refractivity contribution in [1.82, 2.24) is 10.3 Å². The Hall–Kier alpha value is -1.78. The molecule has 1 atom stereocenters. The Labute approximate surface area is 121 Å². The van der Waals surface area contributed by atoms with E-state index in [2.05, 4.69) is 16.4 Å². The van der Waals surface area contributed by atoms with Gasteiger partial charge in [0.2, 0.25) is 0 Å². The zero-order chi connectivity index (χ0) is 14.1. The van der Waals surface area contributed by atoms with Gasteiger partial charge < -0.3 is 5.32 Å². The van der Waals surface area contributed by atoms with Gasteiger partial charge in [-0.15, -0.1) is 11.3 Å². The van der Waals surface area contributed by atoms with Crippen molar-refractivity contribution in [1.29, 1.82) is 0 Å². The summed E-state index contributed by atoms with van der Waals surface area (Å²) in [6.07, 6.45) is 3.72. The van der Waals surface area contributed by atoms with Crippen molar-refractivity contribution in [3.63, 3.8) is 0 Å². The van der Waals surface area contributed by atoms with Crippen LogP contribution in [-0.4, -0.2) is 12.0 Å². The maximum Gasteiger partial charge on any atom is 0.123 e. The highest BCUT2D eigenvalue weighted by atomic mass is 32.1. The van der Waals surface area contributed by atoms with Crippen molar-refractivity contribution in [3.05, 3.63) is 64.5 Å². The summed E-state index contributed by atoms with van der Waals surface area (Å²) in [6.45, 7) is 2.03. The van der Waals surface area contributed by atoms with Gasteiger partial charge in [0.15, 0.2) is 0 Å². The Kier molecular flexibility index (Phi) is 3.51. The van der Waals surface area contributed by atoms with E-state index >= 15 is 0 Å². The van der Waals surface area contributed by atoms with Crippen LogP contribution in [0.1, 0.15) is 22.0 Å². The zero-order valence-corrected chi connectivity index (χ0v) is 12.2. The Morgan fingerprint density at radius 1 is 1.20 bits per heavy atom. The highest BCUT2D eigenvalue weighted by molar-refractivity contribution is 7.19. The van der Waals surface area contributed by atoms with Gasteiger partial charge in [0, 0.05) is 22.0 Å². The Balaban J connectivity index is 2.07. The van der Waals surface area contributed by atoms with Gasteiger partial charge in [-0.3, -0.25) is 4.98 Å². The topological polar surface area (TPSA) is 24.9 Å². The number of thiophene rings is 1. The molecule has 1 aromatic carbocycles. The smallest absolute Gasteiger partial charge is 0.123 e. The van der Waals surface area contributed by atoms with Crippen LogP contribution in [0.5, 0.6) is 0 Å². The molecule has 3 aromatic rings. The van der Waals surface area contributed by atoms with Gasteiger partial charge in [-0.2, -0.15) is 0 Å². The van der Waals surface area contributed by atoms with Gasteiger partial charge in [-0.1, -0.05) is 6.07 Å². The summed E-state index contributed by atoms with van der Waals surface area (Å²) in [5, 5.41) is 4.26. The maximum absolute atomic E-state index is 13.3. The quantitative estimate of drug-likeness (QED) is 0.785. The molecule has 1 unspecified atom stereocenters. The second kappa shape index (κ2) is 5.31. The van der Waals surface area contributed by atoms with Crippen molar-refractivity contribution in [2.24, 2.45) is 0 Å². The van der Waals surface area contributed by atoms with Crippen molar-refractivity contribution >= 4 is 21.4 Å². The van der Waals surface area contributed by atoms with E-state index in [1.807, 2.05) is 38.5 Å². The number of rotatable bonds is 3. The molecular formula is C16H15FN2S.